The minimum absolute atomic E-state index is 0.282. The SMILES string of the molecule is NC1C2CC(O)(c3cc(Cl)cc4[nH]ncc34)CC12. The Hall–Kier alpha value is -1.10. The lowest BCUT2D eigenvalue weighted by atomic mass is 9.86. The molecule has 4 N–H and O–H groups in total. The summed E-state index contributed by atoms with van der Waals surface area (Å²) >= 11 is 6.11. The van der Waals surface area contributed by atoms with Crippen LogP contribution in [0, 0.1) is 11.8 Å². The molecule has 2 fully saturated rings. The number of aliphatic hydroxyl groups is 1. The van der Waals surface area contributed by atoms with Crippen molar-refractivity contribution in [1.82, 2.24) is 10.2 Å². The smallest absolute Gasteiger partial charge is 0.0910 e. The highest BCUT2D eigenvalue weighted by Crippen LogP contribution is 2.59. The van der Waals surface area contributed by atoms with Gasteiger partial charge in [0.1, 0.15) is 0 Å². The summed E-state index contributed by atoms with van der Waals surface area (Å²) in [7, 11) is 0. The number of halogens is 1. The van der Waals surface area contributed by atoms with Crippen LogP contribution in [0.1, 0.15) is 18.4 Å². The van der Waals surface area contributed by atoms with Gasteiger partial charge in [0.05, 0.1) is 17.3 Å². The predicted molar refractivity (Wildman–Crippen MR) is 69.2 cm³/mol. The largest absolute Gasteiger partial charge is 0.385 e. The molecular formula is C13H14ClN3O. The highest BCUT2D eigenvalue weighted by Gasteiger charge is 2.60. The number of hydrogen-bond donors (Lipinski definition) is 3. The van der Waals surface area contributed by atoms with E-state index in [2.05, 4.69) is 10.2 Å². The molecule has 2 aliphatic rings. The van der Waals surface area contributed by atoms with Crippen LogP contribution in [0.4, 0.5) is 0 Å². The van der Waals surface area contributed by atoms with Crippen LogP contribution in [0.5, 0.6) is 0 Å². The van der Waals surface area contributed by atoms with Crippen molar-refractivity contribution in [1.29, 1.82) is 0 Å². The summed E-state index contributed by atoms with van der Waals surface area (Å²) in [6, 6.07) is 3.97. The van der Waals surface area contributed by atoms with E-state index in [1.165, 1.54) is 0 Å². The van der Waals surface area contributed by atoms with Crippen molar-refractivity contribution in [3.05, 3.63) is 28.9 Å². The number of H-pyrrole nitrogens is 1. The van der Waals surface area contributed by atoms with Gasteiger partial charge in [0, 0.05) is 16.5 Å². The highest BCUT2D eigenvalue weighted by molar-refractivity contribution is 6.31. The van der Waals surface area contributed by atoms with E-state index >= 15 is 0 Å². The van der Waals surface area contributed by atoms with Gasteiger partial charge in [-0.05, 0) is 42.4 Å². The first-order chi connectivity index (χ1) is 8.58. The maximum Gasteiger partial charge on any atom is 0.0910 e. The highest BCUT2D eigenvalue weighted by atomic mass is 35.5. The average molecular weight is 264 g/mol. The zero-order chi connectivity index (χ0) is 12.5. The van der Waals surface area contributed by atoms with Crippen molar-refractivity contribution in [2.75, 3.05) is 0 Å². The van der Waals surface area contributed by atoms with Crippen molar-refractivity contribution in [2.45, 2.75) is 24.5 Å². The Morgan fingerprint density at radius 3 is 2.83 bits per heavy atom. The molecule has 2 atom stereocenters. The van der Waals surface area contributed by atoms with E-state index < -0.39 is 5.60 Å². The summed E-state index contributed by atoms with van der Waals surface area (Å²) in [5, 5.41) is 19.4. The second-order valence-electron chi connectivity index (χ2n) is 5.63. The number of nitrogens with one attached hydrogen (secondary N) is 1. The lowest BCUT2D eigenvalue weighted by Gasteiger charge is -2.26. The van der Waals surface area contributed by atoms with E-state index in [0.29, 0.717) is 16.9 Å². The molecule has 5 heteroatoms. The molecule has 0 radical (unpaired) electrons. The van der Waals surface area contributed by atoms with Crippen molar-refractivity contribution < 1.29 is 5.11 Å². The molecule has 0 bridgehead atoms. The fraction of sp³-hybridized carbons (Fsp3) is 0.462. The first kappa shape index (κ1) is 10.8. The molecule has 18 heavy (non-hydrogen) atoms. The van der Waals surface area contributed by atoms with Gasteiger partial charge < -0.3 is 10.8 Å². The first-order valence-corrected chi connectivity index (χ1v) is 6.57. The molecule has 94 valence electrons. The molecule has 1 heterocycles. The predicted octanol–water partition coefficient (Wildman–Crippen LogP) is 1.77. The number of rotatable bonds is 1. The second-order valence-corrected chi connectivity index (χ2v) is 6.07. The number of nitrogens with two attached hydrogens (primary N) is 1. The maximum atomic E-state index is 10.9. The Labute approximate surface area is 109 Å². The van der Waals surface area contributed by atoms with Crippen LogP contribution in [0.25, 0.3) is 10.9 Å². The van der Waals surface area contributed by atoms with Crippen molar-refractivity contribution in [3.63, 3.8) is 0 Å². The van der Waals surface area contributed by atoms with Crippen LogP contribution in [-0.2, 0) is 5.60 Å². The van der Waals surface area contributed by atoms with E-state index in [9.17, 15) is 5.11 Å². The Balaban J connectivity index is 1.85. The van der Waals surface area contributed by atoms with Crippen molar-refractivity contribution in [2.24, 2.45) is 17.6 Å². The van der Waals surface area contributed by atoms with Gasteiger partial charge in [0.25, 0.3) is 0 Å². The van der Waals surface area contributed by atoms with Gasteiger partial charge in [-0.1, -0.05) is 11.6 Å². The van der Waals surface area contributed by atoms with Gasteiger partial charge in [-0.15, -0.1) is 0 Å². The lowest BCUT2D eigenvalue weighted by Crippen LogP contribution is -2.27. The van der Waals surface area contributed by atoms with Crippen LogP contribution < -0.4 is 5.73 Å². The number of nitrogens with zero attached hydrogens (tertiary/aromatic N) is 1. The zero-order valence-corrected chi connectivity index (χ0v) is 10.5. The van der Waals surface area contributed by atoms with E-state index in [0.717, 1.165) is 29.3 Å². The van der Waals surface area contributed by atoms with E-state index in [-0.39, 0.29) is 6.04 Å². The average Bonchev–Trinajstić information content (AvgIpc) is 2.77. The lowest BCUT2D eigenvalue weighted by molar-refractivity contribution is 0.0309. The summed E-state index contributed by atoms with van der Waals surface area (Å²) in [4.78, 5) is 0. The summed E-state index contributed by atoms with van der Waals surface area (Å²) in [6.07, 6.45) is 3.22. The Morgan fingerprint density at radius 2 is 2.11 bits per heavy atom. The van der Waals surface area contributed by atoms with Crippen LogP contribution in [0.15, 0.2) is 18.3 Å². The van der Waals surface area contributed by atoms with E-state index in [1.807, 2.05) is 12.1 Å². The standard InChI is InChI=1S/C13H14ClN3O/c14-6-1-10(9-5-16-17-11(9)2-6)13(18)3-7-8(4-13)12(7)15/h1-2,5,7-8,12,18H,3-4,15H2,(H,16,17). The van der Waals surface area contributed by atoms with Gasteiger partial charge in [-0.2, -0.15) is 5.10 Å². The first-order valence-electron chi connectivity index (χ1n) is 6.19. The van der Waals surface area contributed by atoms with Gasteiger partial charge in [-0.25, -0.2) is 0 Å². The third kappa shape index (κ3) is 1.31. The monoisotopic (exact) mass is 263 g/mol. The number of fused-ring (bicyclic) bond motifs is 2. The normalized spacial score (nSPS) is 38.1. The molecule has 0 aliphatic heterocycles. The minimum Gasteiger partial charge on any atom is -0.385 e. The van der Waals surface area contributed by atoms with Crippen LogP contribution in [-0.4, -0.2) is 21.3 Å². The number of hydrogen-bond acceptors (Lipinski definition) is 3. The molecule has 2 saturated carbocycles. The quantitative estimate of drug-likeness (QED) is 0.734. The maximum absolute atomic E-state index is 10.9. The molecule has 4 rings (SSSR count). The molecule has 2 unspecified atom stereocenters. The Morgan fingerprint density at radius 1 is 1.39 bits per heavy atom. The molecule has 0 amide bonds. The summed E-state index contributed by atoms with van der Waals surface area (Å²) in [5.41, 5.74) is 6.90. The van der Waals surface area contributed by atoms with Crippen LogP contribution in [0.3, 0.4) is 0 Å². The van der Waals surface area contributed by atoms with Gasteiger partial charge >= 0.3 is 0 Å². The van der Waals surface area contributed by atoms with E-state index in [4.69, 9.17) is 17.3 Å². The molecular weight excluding hydrogens is 250 g/mol. The van der Waals surface area contributed by atoms with Gasteiger partial charge in [-0.3, -0.25) is 5.10 Å². The van der Waals surface area contributed by atoms with E-state index in [1.54, 1.807) is 6.20 Å². The Kier molecular flexibility index (Phi) is 1.95. The number of aromatic amines is 1. The molecule has 2 aromatic rings. The number of aromatic nitrogens is 2. The molecule has 4 nitrogen and oxygen atoms in total. The topological polar surface area (TPSA) is 74.9 Å². The molecule has 0 saturated heterocycles. The number of benzene rings is 1. The second kappa shape index (κ2) is 3.26. The fourth-order valence-electron chi connectivity index (χ4n) is 3.53. The van der Waals surface area contributed by atoms with Gasteiger partial charge in [0.2, 0.25) is 0 Å². The van der Waals surface area contributed by atoms with Gasteiger partial charge in [0.15, 0.2) is 0 Å². The zero-order valence-electron chi connectivity index (χ0n) is 9.73. The third-order valence-corrected chi connectivity index (χ3v) is 4.79. The van der Waals surface area contributed by atoms with Crippen LogP contribution in [0.2, 0.25) is 5.02 Å². The third-order valence-electron chi connectivity index (χ3n) is 4.57. The summed E-state index contributed by atoms with van der Waals surface area (Å²) < 4.78 is 0. The fourth-order valence-corrected chi connectivity index (χ4v) is 3.75. The minimum atomic E-state index is -0.793. The molecule has 1 aromatic heterocycles. The summed E-state index contributed by atoms with van der Waals surface area (Å²) in [6.45, 7) is 0. The molecule has 2 aliphatic carbocycles. The van der Waals surface area contributed by atoms with Crippen molar-refractivity contribution in [3.8, 4) is 0 Å². The van der Waals surface area contributed by atoms with Crippen molar-refractivity contribution >= 4 is 22.5 Å². The molecule has 1 aromatic carbocycles. The van der Waals surface area contributed by atoms with Crippen LogP contribution >= 0.6 is 11.6 Å². The molecule has 0 spiro atoms. The summed E-state index contributed by atoms with van der Waals surface area (Å²) in [5.74, 6) is 0.937. The Bertz CT molecular complexity index is 626.